The third kappa shape index (κ3) is 6.17. The third-order valence-electron chi connectivity index (χ3n) is 4.58. The molecule has 174 valence electrons. The van der Waals surface area contributed by atoms with Gasteiger partial charge >= 0.3 is 0 Å². The first-order valence-corrected chi connectivity index (χ1v) is 11.4. The van der Waals surface area contributed by atoms with Gasteiger partial charge in [0.2, 0.25) is 5.91 Å². The van der Waals surface area contributed by atoms with Crippen LogP contribution in [0, 0.1) is 0 Å². The minimum Gasteiger partial charge on any atom is -0.497 e. The summed E-state index contributed by atoms with van der Waals surface area (Å²) in [6.07, 6.45) is 0. The minimum absolute atomic E-state index is 0.0385. The second-order valence-electron chi connectivity index (χ2n) is 6.78. The average Bonchev–Trinajstić information content (AvgIpc) is 3.19. The molecule has 0 fully saturated rings. The quantitative estimate of drug-likeness (QED) is 0.378. The van der Waals surface area contributed by atoms with Crippen LogP contribution in [0.3, 0.4) is 0 Å². The van der Waals surface area contributed by atoms with Crippen LogP contribution in [0.2, 0.25) is 10.0 Å². The molecule has 0 saturated carbocycles. The Balaban J connectivity index is 1.62. The molecule has 9 nitrogen and oxygen atoms in total. The molecule has 0 spiro atoms. The van der Waals surface area contributed by atoms with Crippen LogP contribution in [0.4, 0.5) is 5.69 Å². The van der Waals surface area contributed by atoms with Gasteiger partial charge in [0.05, 0.1) is 35.2 Å². The summed E-state index contributed by atoms with van der Waals surface area (Å²) in [6, 6.07) is 10.7. The van der Waals surface area contributed by atoms with Crippen molar-refractivity contribution in [2.45, 2.75) is 11.2 Å². The molecule has 2 amide bonds. The van der Waals surface area contributed by atoms with Crippen molar-refractivity contribution in [1.82, 2.24) is 20.1 Å². The third-order valence-corrected chi connectivity index (χ3v) is 6.42. The van der Waals surface area contributed by atoms with Crippen molar-refractivity contribution in [3.63, 3.8) is 0 Å². The number of aliphatic hydroxyl groups is 1. The monoisotopic (exact) mass is 509 g/mol. The Bertz CT molecular complexity index is 1140. The molecule has 12 heteroatoms. The van der Waals surface area contributed by atoms with Gasteiger partial charge in [-0.05, 0) is 36.4 Å². The van der Waals surface area contributed by atoms with Crippen molar-refractivity contribution in [1.29, 1.82) is 0 Å². The van der Waals surface area contributed by atoms with Crippen LogP contribution in [0.15, 0.2) is 47.6 Å². The number of carbonyl (C=O) groups is 2. The van der Waals surface area contributed by atoms with E-state index in [4.69, 9.17) is 27.9 Å². The Morgan fingerprint density at radius 3 is 2.58 bits per heavy atom. The van der Waals surface area contributed by atoms with Gasteiger partial charge in [0, 0.05) is 12.6 Å². The van der Waals surface area contributed by atoms with Gasteiger partial charge in [-0.3, -0.25) is 9.59 Å². The highest BCUT2D eigenvalue weighted by Crippen LogP contribution is 2.30. The lowest BCUT2D eigenvalue weighted by Gasteiger charge is -2.16. The molecular weight excluding hydrogens is 489 g/mol. The molecule has 0 radical (unpaired) electrons. The molecule has 1 aromatic heterocycles. The first-order chi connectivity index (χ1) is 15.8. The predicted molar refractivity (Wildman–Crippen MR) is 127 cm³/mol. The Morgan fingerprint density at radius 2 is 1.91 bits per heavy atom. The average molecular weight is 510 g/mol. The summed E-state index contributed by atoms with van der Waals surface area (Å²) in [7, 11) is 3.22. The lowest BCUT2D eigenvalue weighted by Crippen LogP contribution is -2.32. The second kappa shape index (κ2) is 11.4. The number of nitrogens with zero attached hydrogens (tertiary/aromatic N) is 3. The van der Waals surface area contributed by atoms with Crippen molar-refractivity contribution in [2.24, 2.45) is 7.05 Å². The number of aliphatic hydroxyl groups excluding tert-OH is 1. The number of benzene rings is 2. The Kier molecular flexibility index (Phi) is 8.56. The number of carbonyl (C=O) groups excluding carboxylic acids is 2. The fourth-order valence-electron chi connectivity index (χ4n) is 2.85. The van der Waals surface area contributed by atoms with E-state index in [9.17, 15) is 14.7 Å². The Labute approximate surface area is 204 Å². The number of amides is 2. The summed E-state index contributed by atoms with van der Waals surface area (Å²) in [5, 5.41) is 24.4. The topological polar surface area (TPSA) is 118 Å². The Hall–Kier alpha value is -2.79. The Morgan fingerprint density at radius 1 is 1.18 bits per heavy atom. The standard InChI is InChI=1S/C21H21Cl2N5O4S/c1-28-19(16(10-29)25-20(31)12-6-8-13(32-2)9-7-12)26-27-21(28)33-11-17(30)24-15-5-3-4-14(22)18(15)23/h3-9,16,29H,10-11H2,1-2H3,(H,24,30)(H,25,31). The molecule has 1 heterocycles. The number of methoxy groups -OCH3 is 1. The molecule has 0 bridgehead atoms. The van der Waals surface area contributed by atoms with E-state index in [1.807, 2.05) is 0 Å². The highest BCUT2D eigenvalue weighted by Gasteiger charge is 2.22. The van der Waals surface area contributed by atoms with Crippen molar-refractivity contribution >= 4 is 52.5 Å². The summed E-state index contributed by atoms with van der Waals surface area (Å²) in [4.78, 5) is 24.9. The van der Waals surface area contributed by atoms with E-state index in [1.165, 1.54) is 7.11 Å². The van der Waals surface area contributed by atoms with E-state index in [0.717, 1.165) is 11.8 Å². The van der Waals surface area contributed by atoms with Gasteiger partial charge in [0.15, 0.2) is 11.0 Å². The van der Waals surface area contributed by atoms with Crippen LogP contribution in [0.1, 0.15) is 22.2 Å². The van der Waals surface area contributed by atoms with Gasteiger partial charge in [-0.1, -0.05) is 41.0 Å². The number of nitrogens with one attached hydrogen (secondary N) is 2. The summed E-state index contributed by atoms with van der Waals surface area (Å²) in [5.41, 5.74) is 0.817. The number of hydrogen-bond donors (Lipinski definition) is 3. The molecule has 0 saturated heterocycles. The second-order valence-corrected chi connectivity index (χ2v) is 8.50. The maximum absolute atomic E-state index is 12.5. The van der Waals surface area contributed by atoms with E-state index in [2.05, 4.69) is 20.8 Å². The maximum Gasteiger partial charge on any atom is 0.251 e. The molecule has 3 rings (SSSR count). The normalized spacial score (nSPS) is 11.7. The smallest absolute Gasteiger partial charge is 0.251 e. The lowest BCUT2D eigenvalue weighted by molar-refractivity contribution is -0.113. The number of rotatable bonds is 9. The number of aromatic nitrogens is 3. The molecule has 3 aromatic rings. The van der Waals surface area contributed by atoms with Crippen LogP contribution < -0.4 is 15.4 Å². The molecule has 2 aromatic carbocycles. The van der Waals surface area contributed by atoms with Gasteiger partial charge in [-0.2, -0.15) is 0 Å². The molecule has 0 aliphatic carbocycles. The van der Waals surface area contributed by atoms with Crippen LogP contribution >= 0.6 is 35.0 Å². The number of ether oxygens (including phenoxy) is 1. The van der Waals surface area contributed by atoms with E-state index in [1.54, 1.807) is 54.1 Å². The molecule has 1 atom stereocenters. The van der Waals surface area contributed by atoms with Crippen molar-refractivity contribution in [3.05, 3.63) is 63.9 Å². The van der Waals surface area contributed by atoms with Gasteiger partial charge in [-0.25, -0.2) is 0 Å². The van der Waals surface area contributed by atoms with Crippen LogP contribution in [-0.4, -0.2) is 51.2 Å². The van der Waals surface area contributed by atoms with Crippen LogP contribution in [0.5, 0.6) is 5.75 Å². The fraction of sp³-hybridized carbons (Fsp3) is 0.238. The largest absolute Gasteiger partial charge is 0.497 e. The number of thioether (sulfide) groups is 1. The first kappa shape index (κ1) is 24.8. The van der Waals surface area contributed by atoms with Crippen LogP contribution in [0.25, 0.3) is 0 Å². The van der Waals surface area contributed by atoms with E-state index < -0.39 is 6.04 Å². The summed E-state index contributed by atoms with van der Waals surface area (Å²) in [6.45, 7) is -0.383. The summed E-state index contributed by atoms with van der Waals surface area (Å²) in [5.74, 6) is 0.325. The fourth-order valence-corrected chi connectivity index (χ4v) is 3.91. The predicted octanol–water partition coefficient (Wildman–Crippen LogP) is 3.32. The molecular formula is C21H21Cl2N5O4S. The van der Waals surface area contributed by atoms with Gasteiger partial charge in [-0.15, -0.1) is 10.2 Å². The summed E-state index contributed by atoms with van der Waals surface area (Å²) >= 11 is 13.2. The van der Waals surface area contributed by atoms with Crippen molar-refractivity contribution in [3.8, 4) is 5.75 Å². The van der Waals surface area contributed by atoms with Crippen molar-refractivity contribution < 1.29 is 19.4 Å². The zero-order valence-electron chi connectivity index (χ0n) is 17.7. The number of anilines is 1. The van der Waals surface area contributed by atoms with Gasteiger partial charge in [0.25, 0.3) is 5.91 Å². The molecule has 0 aliphatic heterocycles. The highest BCUT2D eigenvalue weighted by atomic mass is 35.5. The van der Waals surface area contributed by atoms with E-state index in [-0.39, 0.29) is 29.2 Å². The molecule has 0 aliphatic rings. The van der Waals surface area contributed by atoms with Crippen molar-refractivity contribution in [2.75, 3.05) is 24.8 Å². The first-order valence-electron chi connectivity index (χ1n) is 9.65. The minimum atomic E-state index is -0.787. The number of hydrogen-bond acceptors (Lipinski definition) is 7. The lowest BCUT2D eigenvalue weighted by atomic mass is 10.2. The number of halogens is 2. The zero-order chi connectivity index (χ0) is 24.0. The molecule has 3 N–H and O–H groups in total. The van der Waals surface area contributed by atoms with E-state index in [0.29, 0.717) is 33.0 Å². The van der Waals surface area contributed by atoms with Crippen LogP contribution in [-0.2, 0) is 11.8 Å². The summed E-state index contributed by atoms with van der Waals surface area (Å²) < 4.78 is 6.70. The van der Waals surface area contributed by atoms with Gasteiger partial charge < -0.3 is 25.0 Å². The maximum atomic E-state index is 12.5. The van der Waals surface area contributed by atoms with E-state index >= 15 is 0 Å². The zero-order valence-corrected chi connectivity index (χ0v) is 20.0. The van der Waals surface area contributed by atoms with Gasteiger partial charge in [0.1, 0.15) is 11.8 Å². The highest BCUT2D eigenvalue weighted by molar-refractivity contribution is 7.99. The molecule has 1 unspecified atom stereocenters. The molecule has 33 heavy (non-hydrogen) atoms. The SMILES string of the molecule is COc1ccc(C(=O)NC(CO)c2nnc(SCC(=O)Nc3cccc(Cl)c3Cl)n2C)cc1.